The number of hydrogen-bond donors (Lipinski definition) is 0. The first kappa shape index (κ1) is 19.5. The lowest BCUT2D eigenvalue weighted by Crippen LogP contribution is -2.54. The van der Waals surface area contributed by atoms with Gasteiger partial charge in [-0.1, -0.05) is 13.8 Å². The third kappa shape index (κ3) is 3.47. The van der Waals surface area contributed by atoms with Crippen molar-refractivity contribution in [2.24, 2.45) is 23.2 Å². The molecule has 3 heterocycles. The zero-order chi connectivity index (χ0) is 19.9. The van der Waals surface area contributed by atoms with Crippen molar-refractivity contribution < 1.29 is 28.2 Å². The molecule has 154 valence electrons. The van der Waals surface area contributed by atoms with Crippen molar-refractivity contribution in [2.75, 3.05) is 13.2 Å². The highest BCUT2D eigenvalue weighted by molar-refractivity contribution is 5.70. The summed E-state index contributed by atoms with van der Waals surface area (Å²) in [6.07, 6.45) is 7.19. The first-order valence-electron chi connectivity index (χ1n) is 10.3. The molecule has 0 aromatic carbocycles. The van der Waals surface area contributed by atoms with Gasteiger partial charge >= 0.3 is 11.9 Å². The van der Waals surface area contributed by atoms with Crippen LogP contribution in [0.5, 0.6) is 0 Å². The fourth-order valence-corrected chi connectivity index (χ4v) is 5.56. The van der Waals surface area contributed by atoms with Gasteiger partial charge < -0.3 is 18.6 Å². The summed E-state index contributed by atoms with van der Waals surface area (Å²) in [4.78, 5) is 24.0. The maximum Gasteiger partial charge on any atom is 0.306 e. The number of carbonyl (C=O) groups excluding carboxylic acids is 2. The fraction of sp³-hybridized carbons (Fsp3) is 0.727. The summed E-state index contributed by atoms with van der Waals surface area (Å²) in [7, 11) is 0. The van der Waals surface area contributed by atoms with Crippen molar-refractivity contribution >= 4 is 11.9 Å². The Kier molecular flexibility index (Phi) is 5.02. The van der Waals surface area contributed by atoms with Crippen LogP contribution in [0.15, 0.2) is 23.0 Å². The molecule has 2 saturated heterocycles. The Morgan fingerprint density at radius 1 is 1.39 bits per heavy atom. The van der Waals surface area contributed by atoms with Crippen LogP contribution in [0.3, 0.4) is 0 Å². The smallest absolute Gasteiger partial charge is 0.306 e. The van der Waals surface area contributed by atoms with Crippen LogP contribution < -0.4 is 0 Å². The third-order valence-corrected chi connectivity index (χ3v) is 7.52. The second-order valence-corrected chi connectivity index (χ2v) is 9.10. The number of ether oxygens (including phenoxy) is 3. The van der Waals surface area contributed by atoms with Gasteiger partial charge in [-0.25, -0.2) is 0 Å². The Morgan fingerprint density at radius 2 is 2.18 bits per heavy atom. The topological polar surface area (TPSA) is 78.3 Å². The number of hydrogen-bond acceptors (Lipinski definition) is 6. The van der Waals surface area contributed by atoms with E-state index in [2.05, 4.69) is 13.8 Å². The number of rotatable bonds is 5. The predicted octanol–water partition coefficient (Wildman–Crippen LogP) is 3.53. The van der Waals surface area contributed by atoms with Gasteiger partial charge in [-0.05, 0) is 48.6 Å². The molecule has 0 radical (unpaired) electrons. The van der Waals surface area contributed by atoms with Crippen LogP contribution in [0.1, 0.15) is 52.0 Å². The summed E-state index contributed by atoms with van der Waals surface area (Å²) in [6.45, 7) is 6.88. The summed E-state index contributed by atoms with van der Waals surface area (Å²) in [5, 5.41) is 0. The summed E-state index contributed by atoms with van der Waals surface area (Å²) >= 11 is 0. The molecule has 6 nitrogen and oxygen atoms in total. The van der Waals surface area contributed by atoms with E-state index in [-0.39, 0.29) is 46.8 Å². The molecule has 6 atom stereocenters. The van der Waals surface area contributed by atoms with Gasteiger partial charge in [-0.3, -0.25) is 9.59 Å². The first-order chi connectivity index (χ1) is 13.3. The van der Waals surface area contributed by atoms with Crippen molar-refractivity contribution in [2.45, 2.75) is 64.6 Å². The lowest BCUT2D eigenvalue weighted by atomic mass is 9.54. The third-order valence-electron chi connectivity index (χ3n) is 7.52. The molecule has 1 saturated carbocycles. The number of epoxide rings is 1. The minimum atomic E-state index is -0.281. The molecular formula is C22H30O6. The minimum absolute atomic E-state index is 0.0397. The van der Waals surface area contributed by atoms with Crippen LogP contribution >= 0.6 is 0 Å². The van der Waals surface area contributed by atoms with Gasteiger partial charge in [-0.2, -0.15) is 0 Å². The second kappa shape index (κ2) is 7.21. The minimum Gasteiger partial charge on any atom is -0.472 e. The normalized spacial score (nSPS) is 39.8. The highest BCUT2D eigenvalue weighted by atomic mass is 16.6. The van der Waals surface area contributed by atoms with Gasteiger partial charge in [-0.15, -0.1) is 0 Å². The van der Waals surface area contributed by atoms with Gasteiger partial charge in [0.1, 0.15) is 6.10 Å². The van der Waals surface area contributed by atoms with Gasteiger partial charge in [0.05, 0.1) is 31.3 Å². The molecule has 1 aliphatic carbocycles. The largest absolute Gasteiger partial charge is 0.472 e. The number of furan rings is 1. The molecule has 1 aromatic heterocycles. The average Bonchev–Trinajstić information content (AvgIpc) is 3.23. The lowest BCUT2D eigenvalue weighted by molar-refractivity contribution is -0.164. The van der Waals surface area contributed by atoms with Crippen molar-refractivity contribution in [3.05, 3.63) is 24.2 Å². The Hall–Kier alpha value is -1.82. The second-order valence-electron chi connectivity index (χ2n) is 9.10. The van der Waals surface area contributed by atoms with Gasteiger partial charge in [0.15, 0.2) is 0 Å². The monoisotopic (exact) mass is 390 g/mol. The van der Waals surface area contributed by atoms with E-state index in [1.165, 1.54) is 6.92 Å². The van der Waals surface area contributed by atoms with Crippen LogP contribution in [0, 0.1) is 23.2 Å². The Labute approximate surface area is 165 Å². The molecular weight excluding hydrogens is 360 g/mol. The van der Waals surface area contributed by atoms with E-state index in [0.29, 0.717) is 19.6 Å². The first-order valence-corrected chi connectivity index (χ1v) is 10.3. The Morgan fingerprint density at radius 3 is 2.82 bits per heavy atom. The molecule has 0 unspecified atom stereocenters. The molecule has 0 amide bonds. The van der Waals surface area contributed by atoms with Crippen LogP contribution in [0.2, 0.25) is 0 Å². The van der Waals surface area contributed by atoms with Crippen molar-refractivity contribution in [1.29, 1.82) is 0 Å². The molecule has 6 heteroatoms. The molecule has 4 rings (SSSR count). The van der Waals surface area contributed by atoms with E-state index in [1.807, 2.05) is 6.07 Å². The van der Waals surface area contributed by atoms with Gasteiger partial charge in [0.25, 0.3) is 0 Å². The van der Waals surface area contributed by atoms with E-state index in [9.17, 15) is 9.59 Å². The summed E-state index contributed by atoms with van der Waals surface area (Å²) < 4.78 is 22.6. The molecule has 0 bridgehead atoms. The number of esters is 2. The molecule has 0 N–H and O–H groups in total. The molecule has 28 heavy (non-hydrogen) atoms. The maximum atomic E-state index is 12.5. The molecule has 3 fully saturated rings. The summed E-state index contributed by atoms with van der Waals surface area (Å²) in [5.41, 5.74) is 0.786. The maximum absolute atomic E-state index is 12.5. The summed E-state index contributed by atoms with van der Waals surface area (Å²) in [6, 6.07) is 1.99. The van der Waals surface area contributed by atoms with Crippen LogP contribution in [0.25, 0.3) is 0 Å². The number of fused-ring (bicyclic) bond motifs is 1. The van der Waals surface area contributed by atoms with Crippen molar-refractivity contribution in [1.82, 2.24) is 0 Å². The number of aryl methyl sites for hydroxylation is 1. The van der Waals surface area contributed by atoms with Crippen LogP contribution in [0.4, 0.5) is 0 Å². The fourth-order valence-electron chi connectivity index (χ4n) is 5.56. The molecule has 1 spiro atoms. The summed E-state index contributed by atoms with van der Waals surface area (Å²) in [5.74, 6) is -0.102. The van der Waals surface area contributed by atoms with Crippen LogP contribution in [-0.2, 0) is 30.2 Å². The van der Waals surface area contributed by atoms with Crippen LogP contribution in [-0.4, -0.2) is 36.9 Å². The Bertz CT molecular complexity index is 721. The average molecular weight is 390 g/mol. The van der Waals surface area contributed by atoms with E-state index < -0.39 is 0 Å². The van der Waals surface area contributed by atoms with E-state index in [4.69, 9.17) is 18.6 Å². The highest BCUT2D eigenvalue weighted by Crippen LogP contribution is 2.59. The van der Waals surface area contributed by atoms with E-state index >= 15 is 0 Å². The number of carbonyl (C=O) groups is 2. The van der Waals surface area contributed by atoms with E-state index in [1.54, 1.807) is 12.5 Å². The molecule has 2 aliphatic heterocycles. The molecule has 3 aliphatic rings. The highest BCUT2D eigenvalue weighted by Gasteiger charge is 2.64. The Balaban J connectivity index is 1.67. The quantitative estimate of drug-likeness (QED) is 0.565. The lowest BCUT2D eigenvalue weighted by Gasteiger charge is -2.50. The molecule has 1 aromatic rings. The van der Waals surface area contributed by atoms with Crippen molar-refractivity contribution in [3.8, 4) is 0 Å². The zero-order valence-corrected chi connectivity index (χ0v) is 16.9. The van der Waals surface area contributed by atoms with Gasteiger partial charge in [0, 0.05) is 25.2 Å². The standard InChI is InChI=1S/C22H30O6/c1-14-10-19(24)28-18-5-8-22(13-27-22)17(12-26-15(2)23)20(18)21(14,3)7-4-16-6-9-25-11-16/h6,9,11,14,17-18,20H,4-5,7-8,10,12-13H2,1-3H3/t14-,17+,18+,20-,21+,22+/m1/s1. The zero-order valence-electron chi connectivity index (χ0n) is 16.9. The van der Waals surface area contributed by atoms with E-state index in [0.717, 1.165) is 31.2 Å². The van der Waals surface area contributed by atoms with Crippen molar-refractivity contribution in [3.63, 3.8) is 0 Å². The SMILES string of the molecule is CC(=O)OC[C@H]1[C@@H]2[C@H](CC[C@]13CO3)OC(=O)C[C@@H](C)[C@]2(C)CCc1ccoc1. The predicted molar refractivity (Wildman–Crippen MR) is 100 cm³/mol. The van der Waals surface area contributed by atoms with Gasteiger partial charge in [0.2, 0.25) is 0 Å².